The highest BCUT2D eigenvalue weighted by atomic mass is 33.1. The highest BCUT2D eigenvalue weighted by Crippen LogP contribution is 2.20. The molecule has 0 bridgehead atoms. The minimum atomic E-state index is 0.681. The van der Waals surface area contributed by atoms with Gasteiger partial charge in [-0.15, -0.1) is 0 Å². The maximum atomic E-state index is 4.10. The highest BCUT2D eigenvalue weighted by molar-refractivity contribution is 8.76. The Kier molecular flexibility index (Phi) is 6.97. The third-order valence-electron chi connectivity index (χ3n) is 2.15. The number of nitrogens with one attached hydrogen (secondary N) is 2. The summed E-state index contributed by atoms with van der Waals surface area (Å²) in [5, 5.41) is 6.34. The molecule has 0 aliphatic heterocycles. The molecule has 6 nitrogen and oxygen atoms in total. The fraction of sp³-hybridized carbons (Fsp3) is 0.333. The van der Waals surface area contributed by atoms with Gasteiger partial charge in [-0.1, -0.05) is 21.6 Å². The van der Waals surface area contributed by atoms with Crippen molar-refractivity contribution < 1.29 is 0 Å². The van der Waals surface area contributed by atoms with E-state index in [0.29, 0.717) is 11.9 Å². The lowest BCUT2D eigenvalue weighted by Crippen LogP contribution is -2.07. The zero-order valence-corrected chi connectivity index (χ0v) is 12.5. The molecule has 8 heteroatoms. The van der Waals surface area contributed by atoms with E-state index >= 15 is 0 Å². The molecule has 20 heavy (non-hydrogen) atoms. The zero-order valence-electron chi connectivity index (χ0n) is 10.9. The van der Waals surface area contributed by atoms with Gasteiger partial charge in [0.1, 0.15) is 0 Å². The van der Waals surface area contributed by atoms with Crippen LogP contribution in [0.1, 0.15) is 0 Å². The third-order valence-corrected chi connectivity index (χ3v) is 4.56. The molecule has 0 fully saturated rings. The Morgan fingerprint density at radius 2 is 1.10 bits per heavy atom. The Morgan fingerprint density at radius 3 is 1.50 bits per heavy atom. The van der Waals surface area contributed by atoms with Crippen LogP contribution in [0.3, 0.4) is 0 Å². The van der Waals surface area contributed by atoms with Crippen molar-refractivity contribution >= 4 is 33.5 Å². The van der Waals surface area contributed by atoms with E-state index in [9.17, 15) is 0 Å². The average molecular weight is 308 g/mol. The largest absolute Gasteiger partial charge is 0.353 e. The lowest BCUT2D eigenvalue weighted by atomic mass is 10.6. The van der Waals surface area contributed by atoms with E-state index in [1.807, 2.05) is 21.6 Å². The van der Waals surface area contributed by atoms with Crippen molar-refractivity contribution in [1.29, 1.82) is 0 Å². The van der Waals surface area contributed by atoms with Gasteiger partial charge < -0.3 is 10.6 Å². The summed E-state index contributed by atoms with van der Waals surface area (Å²) in [6, 6.07) is 3.61. The van der Waals surface area contributed by atoms with Gasteiger partial charge in [0, 0.05) is 49.4 Å². The molecule has 0 aliphatic rings. The summed E-state index contributed by atoms with van der Waals surface area (Å²) in [5.74, 6) is 3.37. The van der Waals surface area contributed by atoms with Crippen molar-refractivity contribution in [3.8, 4) is 0 Å². The van der Waals surface area contributed by atoms with E-state index in [0.717, 1.165) is 24.6 Å². The first-order valence-corrected chi connectivity index (χ1v) is 8.70. The molecule has 2 aromatic heterocycles. The molecule has 0 radical (unpaired) electrons. The zero-order chi connectivity index (χ0) is 13.9. The van der Waals surface area contributed by atoms with Crippen LogP contribution in [0, 0.1) is 0 Å². The van der Waals surface area contributed by atoms with Gasteiger partial charge in [0.2, 0.25) is 11.9 Å². The molecule has 2 rings (SSSR count). The Balaban J connectivity index is 1.44. The van der Waals surface area contributed by atoms with Crippen molar-refractivity contribution in [3.05, 3.63) is 36.9 Å². The summed E-state index contributed by atoms with van der Waals surface area (Å²) in [6.45, 7) is 1.72. The normalized spacial score (nSPS) is 10.2. The Bertz CT molecular complexity index is 424. The van der Waals surface area contributed by atoms with E-state index in [2.05, 4.69) is 30.6 Å². The predicted molar refractivity (Wildman–Crippen MR) is 86.0 cm³/mol. The van der Waals surface area contributed by atoms with Crippen molar-refractivity contribution in [2.24, 2.45) is 0 Å². The van der Waals surface area contributed by atoms with Gasteiger partial charge in [-0.05, 0) is 12.1 Å². The van der Waals surface area contributed by atoms with E-state index in [-0.39, 0.29) is 0 Å². The molecule has 2 heterocycles. The van der Waals surface area contributed by atoms with Crippen LogP contribution in [0.15, 0.2) is 36.9 Å². The number of aromatic nitrogens is 4. The topological polar surface area (TPSA) is 75.6 Å². The smallest absolute Gasteiger partial charge is 0.222 e. The van der Waals surface area contributed by atoms with Crippen LogP contribution in [0.2, 0.25) is 0 Å². The number of nitrogens with zero attached hydrogens (tertiary/aromatic N) is 4. The summed E-state index contributed by atoms with van der Waals surface area (Å²) in [7, 11) is 3.65. The van der Waals surface area contributed by atoms with E-state index in [1.165, 1.54) is 0 Å². The van der Waals surface area contributed by atoms with Crippen LogP contribution in [-0.2, 0) is 0 Å². The molecule has 0 aliphatic carbocycles. The van der Waals surface area contributed by atoms with Crippen LogP contribution in [0.5, 0.6) is 0 Å². The van der Waals surface area contributed by atoms with Crippen LogP contribution >= 0.6 is 21.6 Å². The molecule has 0 saturated carbocycles. The van der Waals surface area contributed by atoms with Gasteiger partial charge in [-0.3, -0.25) is 0 Å². The molecule has 2 N–H and O–H groups in total. The average Bonchev–Trinajstić information content (AvgIpc) is 2.52. The minimum Gasteiger partial charge on any atom is -0.353 e. The van der Waals surface area contributed by atoms with Gasteiger partial charge in [-0.2, -0.15) is 0 Å². The number of rotatable bonds is 9. The van der Waals surface area contributed by atoms with Gasteiger partial charge in [0.15, 0.2) is 0 Å². The van der Waals surface area contributed by atoms with E-state index < -0.39 is 0 Å². The molecule has 2 aromatic rings. The molecule has 0 spiro atoms. The highest BCUT2D eigenvalue weighted by Gasteiger charge is 1.95. The van der Waals surface area contributed by atoms with Gasteiger partial charge in [-0.25, -0.2) is 19.9 Å². The second-order valence-corrected chi connectivity index (χ2v) is 6.34. The maximum Gasteiger partial charge on any atom is 0.222 e. The molecule has 0 amide bonds. The predicted octanol–water partition coefficient (Wildman–Crippen LogP) is 2.17. The first kappa shape index (κ1) is 14.9. The molecule has 0 unspecified atom stereocenters. The maximum absolute atomic E-state index is 4.10. The van der Waals surface area contributed by atoms with Crippen LogP contribution in [-0.4, -0.2) is 44.5 Å². The van der Waals surface area contributed by atoms with Crippen LogP contribution < -0.4 is 10.6 Å². The number of hydrogen-bond acceptors (Lipinski definition) is 8. The summed E-state index contributed by atoms with van der Waals surface area (Å²) in [5.41, 5.74) is 0. The second kappa shape index (κ2) is 9.38. The molecular weight excluding hydrogens is 292 g/mol. The van der Waals surface area contributed by atoms with E-state index in [1.54, 1.807) is 36.9 Å². The minimum absolute atomic E-state index is 0.681. The lowest BCUT2D eigenvalue weighted by Gasteiger charge is -2.05. The van der Waals surface area contributed by atoms with Crippen molar-refractivity contribution in [2.45, 2.75) is 0 Å². The molecule has 0 aromatic carbocycles. The van der Waals surface area contributed by atoms with E-state index in [4.69, 9.17) is 0 Å². The quantitative estimate of drug-likeness (QED) is 0.539. The van der Waals surface area contributed by atoms with Crippen LogP contribution in [0.4, 0.5) is 11.9 Å². The molecule has 0 saturated heterocycles. The fourth-order valence-corrected chi connectivity index (χ4v) is 3.12. The van der Waals surface area contributed by atoms with Crippen molar-refractivity contribution in [3.63, 3.8) is 0 Å². The SMILES string of the molecule is c1cnc(NCCSSCCNc2ncccn2)nc1. The Labute approximate surface area is 126 Å². The number of hydrogen-bond donors (Lipinski definition) is 2. The Morgan fingerprint density at radius 1 is 0.700 bits per heavy atom. The van der Waals surface area contributed by atoms with Gasteiger partial charge in [0.25, 0.3) is 0 Å². The van der Waals surface area contributed by atoms with Gasteiger partial charge >= 0.3 is 0 Å². The standard InChI is InChI=1S/C12H16N6S2/c1-3-13-11(14-4-1)17-7-9-19-20-10-8-18-12-15-5-2-6-16-12/h1-6H,7-10H2,(H,13,14,17)(H,15,16,18). The second-order valence-electron chi connectivity index (χ2n) is 3.64. The molecular formula is C12H16N6S2. The molecule has 0 atom stereocenters. The van der Waals surface area contributed by atoms with Crippen molar-refractivity contribution in [2.75, 3.05) is 35.2 Å². The first-order valence-electron chi connectivity index (χ1n) is 6.21. The van der Waals surface area contributed by atoms with Crippen LogP contribution in [0.25, 0.3) is 0 Å². The summed E-state index contributed by atoms with van der Waals surface area (Å²) in [6.07, 6.45) is 6.92. The first-order chi connectivity index (χ1) is 9.95. The fourth-order valence-electron chi connectivity index (χ4n) is 1.31. The summed E-state index contributed by atoms with van der Waals surface area (Å²) < 4.78 is 0. The van der Waals surface area contributed by atoms with Crippen molar-refractivity contribution in [1.82, 2.24) is 19.9 Å². The third kappa shape index (κ3) is 6.07. The Hall–Kier alpha value is -1.54. The number of anilines is 2. The lowest BCUT2D eigenvalue weighted by molar-refractivity contribution is 1.09. The molecule has 106 valence electrons. The van der Waals surface area contributed by atoms with Gasteiger partial charge in [0.05, 0.1) is 0 Å². The monoisotopic (exact) mass is 308 g/mol. The summed E-state index contributed by atoms with van der Waals surface area (Å²) >= 11 is 0. The summed E-state index contributed by atoms with van der Waals surface area (Å²) in [4.78, 5) is 16.4.